The number of hydrogen-bond donors (Lipinski definition) is 3. The number of aryl methyl sites for hydroxylation is 2. The number of hydrogen-bond acceptors (Lipinski definition) is 3. The van der Waals surface area contributed by atoms with Crippen LogP contribution in [-0.2, 0) is 4.79 Å². The first-order chi connectivity index (χ1) is 12.0. The molecule has 0 aliphatic heterocycles. The van der Waals surface area contributed by atoms with Crippen LogP contribution in [0.15, 0.2) is 42.5 Å². The Bertz CT molecular complexity index is 736. The second kappa shape index (κ2) is 8.87. The second-order valence-corrected chi connectivity index (χ2v) is 6.11. The summed E-state index contributed by atoms with van der Waals surface area (Å²) in [6, 6.07) is 13.0. The monoisotopic (exact) mass is 339 g/mol. The molecule has 2 aromatic carbocycles. The molecule has 2 aromatic rings. The van der Waals surface area contributed by atoms with Gasteiger partial charge >= 0.3 is 0 Å². The highest BCUT2D eigenvalue weighted by Gasteiger charge is 2.07. The summed E-state index contributed by atoms with van der Waals surface area (Å²) < 4.78 is 0. The smallest absolute Gasteiger partial charge is 0.251 e. The topological polar surface area (TPSA) is 70.2 Å². The Labute approximate surface area is 148 Å². The molecule has 132 valence electrons. The molecule has 3 N–H and O–H groups in total. The van der Waals surface area contributed by atoms with Gasteiger partial charge in [0, 0.05) is 23.5 Å². The zero-order valence-electron chi connectivity index (χ0n) is 15.0. The van der Waals surface area contributed by atoms with Crippen molar-refractivity contribution in [2.45, 2.75) is 27.2 Å². The maximum atomic E-state index is 12.1. The molecule has 0 fully saturated rings. The van der Waals surface area contributed by atoms with Crippen molar-refractivity contribution < 1.29 is 9.59 Å². The fourth-order valence-electron chi connectivity index (χ4n) is 2.54. The van der Waals surface area contributed by atoms with Crippen LogP contribution in [0.1, 0.15) is 34.8 Å². The molecule has 0 aromatic heterocycles. The molecule has 0 saturated carbocycles. The number of carbonyl (C=O) groups excluding carboxylic acids is 2. The lowest BCUT2D eigenvalue weighted by atomic mass is 10.1. The van der Waals surface area contributed by atoms with E-state index in [1.54, 1.807) is 24.3 Å². The minimum absolute atomic E-state index is 0.133. The van der Waals surface area contributed by atoms with Crippen LogP contribution in [0, 0.1) is 13.8 Å². The van der Waals surface area contributed by atoms with E-state index in [4.69, 9.17) is 0 Å². The van der Waals surface area contributed by atoms with E-state index in [0.29, 0.717) is 17.8 Å². The van der Waals surface area contributed by atoms with Crippen molar-refractivity contribution in [2.24, 2.45) is 0 Å². The van der Waals surface area contributed by atoms with Gasteiger partial charge in [0.2, 0.25) is 5.91 Å². The van der Waals surface area contributed by atoms with E-state index in [9.17, 15) is 9.59 Å². The van der Waals surface area contributed by atoms with Crippen molar-refractivity contribution in [1.82, 2.24) is 5.32 Å². The van der Waals surface area contributed by atoms with Crippen LogP contribution < -0.4 is 16.0 Å². The molecule has 5 heteroatoms. The molecule has 0 bridgehead atoms. The molecule has 0 spiro atoms. The molecule has 0 saturated heterocycles. The van der Waals surface area contributed by atoms with Crippen molar-refractivity contribution in [3.05, 3.63) is 59.2 Å². The van der Waals surface area contributed by atoms with E-state index in [0.717, 1.165) is 23.2 Å². The molecule has 0 unspecified atom stereocenters. The van der Waals surface area contributed by atoms with Crippen molar-refractivity contribution >= 4 is 23.2 Å². The van der Waals surface area contributed by atoms with Crippen molar-refractivity contribution in [2.75, 3.05) is 23.7 Å². The lowest BCUT2D eigenvalue weighted by molar-refractivity contribution is -0.114. The number of carbonyl (C=O) groups is 2. The molecule has 5 nitrogen and oxygen atoms in total. The fraction of sp³-hybridized carbons (Fsp3) is 0.300. The van der Waals surface area contributed by atoms with Gasteiger partial charge < -0.3 is 16.0 Å². The maximum absolute atomic E-state index is 12.1. The lowest BCUT2D eigenvalue weighted by Gasteiger charge is -2.10. The molecular weight excluding hydrogens is 314 g/mol. The number of anilines is 2. The van der Waals surface area contributed by atoms with Gasteiger partial charge in [0.05, 0.1) is 6.54 Å². The number of benzene rings is 2. The highest BCUT2D eigenvalue weighted by atomic mass is 16.2. The quantitative estimate of drug-likeness (QED) is 0.723. The molecule has 25 heavy (non-hydrogen) atoms. The Morgan fingerprint density at radius 3 is 2.36 bits per heavy atom. The third-order valence-electron chi connectivity index (χ3n) is 3.62. The van der Waals surface area contributed by atoms with Gasteiger partial charge in [-0.3, -0.25) is 9.59 Å². The summed E-state index contributed by atoms with van der Waals surface area (Å²) in [5.74, 6) is -0.295. The lowest BCUT2D eigenvalue weighted by Crippen LogP contribution is -2.25. The SMILES string of the molecule is CCCNC(=O)c1cccc(NC(=O)CNc2cc(C)cc(C)c2)c1. The summed E-state index contributed by atoms with van der Waals surface area (Å²) in [5, 5.41) is 8.75. The van der Waals surface area contributed by atoms with Gasteiger partial charge in [-0.05, 0) is 61.7 Å². The Kier molecular flexibility index (Phi) is 6.57. The Morgan fingerprint density at radius 1 is 0.960 bits per heavy atom. The number of rotatable bonds is 7. The normalized spacial score (nSPS) is 10.2. The zero-order chi connectivity index (χ0) is 18.2. The maximum Gasteiger partial charge on any atom is 0.251 e. The molecule has 2 amide bonds. The van der Waals surface area contributed by atoms with Crippen LogP contribution in [0.25, 0.3) is 0 Å². The second-order valence-electron chi connectivity index (χ2n) is 6.11. The largest absolute Gasteiger partial charge is 0.376 e. The van der Waals surface area contributed by atoms with E-state index in [1.165, 1.54) is 0 Å². The van der Waals surface area contributed by atoms with Gasteiger partial charge in [0.25, 0.3) is 5.91 Å². The summed E-state index contributed by atoms with van der Waals surface area (Å²) in [5.41, 5.74) is 4.35. The summed E-state index contributed by atoms with van der Waals surface area (Å²) in [4.78, 5) is 24.1. The van der Waals surface area contributed by atoms with E-state index >= 15 is 0 Å². The highest BCUT2D eigenvalue weighted by Crippen LogP contribution is 2.14. The molecule has 2 rings (SSSR count). The van der Waals surface area contributed by atoms with Crippen LogP contribution in [0.5, 0.6) is 0 Å². The van der Waals surface area contributed by atoms with Gasteiger partial charge in [-0.25, -0.2) is 0 Å². The molecule has 0 heterocycles. The summed E-state index contributed by atoms with van der Waals surface area (Å²) >= 11 is 0. The van der Waals surface area contributed by atoms with Crippen LogP contribution in [-0.4, -0.2) is 24.9 Å². The molecular formula is C20H25N3O2. The van der Waals surface area contributed by atoms with Crippen molar-refractivity contribution in [3.8, 4) is 0 Å². The molecule has 0 aliphatic rings. The third-order valence-corrected chi connectivity index (χ3v) is 3.62. The first-order valence-electron chi connectivity index (χ1n) is 8.48. The summed E-state index contributed by atoms with van der Waals surface area (Å²) in [7, 11) is 0. The average Bonchev–Trinajstić information content (AvgIpc) is 2.57. The Morgan fingerprint density at radius 2 is 1.68 bits per heavy atom. The van der Waals surface area contributed by atoms with Gasteiger partial charge in [0.15, 0.2) is 0 Å². The Balaban J connectivity index is 1.92. The van der Waals surface area contributed by atoms with Crippen molar-refractivity contribution in [1.29, 1.82) is 0 Å². The number of amides is 2. The molecule has 0 aliphatic carbocycles. The number of nitrogens with one attached hydrogen (secondary N) is 3. The first kappa shape index (κ1) is 18.5. The van der Waals surface area contributed by atoms with E-state index in [1.807, 2.05) is 32.9 Å². The predicted molar refractivity (Wildman–Crippen MR) is 102 cm³/mol. The van der Waals surface area contributed by atoms with Gasteiger partial charge in [0.1, 0.15) is 0 Å². The first-order valence-corrected chi connectivity index (χ1v) is 8.48. The molecule has 0 radical (unpaired) electrons. The van der Waals surface area contributed by atoms with Crippen LogP contribution >= 0.6 is 0 Å². The van der Waals surface area contributed by atoms with Gasteiger partial charge in [-0.1, -0.05) is 19.1 Å². The highest BCUT2D eigenvalue weighted by molar-refractivity contribution is 5.98. The standard InChI is InChI=1S/C20H25N3O2/c1-4-8-21-20(25)16-6-5-7-17(12-16)23-19(24)13-22-18-10-14(2)9-15(3)11-18/h5-7,9-12,22H,4,8,13H2,1-3H3,(H,21,25)(H,23,24). The average molecular weight is 339 g/mol. The van der Waals surface area contributed by atoms with Gasteiger partial charge in [-0.2, -0.15) is 0 Å². The summed E-state index contributed by atoms with van der Waals surface area (Å²) in [6.07, 6.45) is 0.881. The van der Waals surface area contributed by atoms with E-state index in [2.05, 4.69) is 22.0 Å². The van der Waals surface area contributed by atoms with Crippen LogP contribution in [0.2, 0.25) is 0 Å². The Hall–Kier alpha value is -2.82. The minimum Gasteiger partial charge on any atom is -0.376 e. The van der Waals surface area contributed by atoms with E-state index in [-0.39, 0.29) is 18.4 Å². The minimum atomic E-state index is -0.162. The predicted octanol–water partition coefficient (Wildman–Crippen LogP) is 3.49. The fourth-order valence-corrected chi connectivity index (χ4v) is 2.54. The van der Waals surface area contributed by atoms with Crippen molar-refractivity contribution in [3.63, 3.8) is 0 Å². The van der Waals surface area contributed by atoms with Crippen LogP contribution in [0.4, 0.5) is 11.4 Å². The zero-order valence-corrected chi connectivity index (χ0v) is 15.0. The third kappa shape index (κ3) is 5.95. The summed E-state index contributed by atoms with van der Waals surface area (Å²) in [6.45, 7) is 6.84. The molecule has 0 atom stereocenters. The van der Waals surface area contributed by atoms with Gasteiger partial charge in [-0.15, -0.1) is 0 Å². The van der Waals surface area contributed by atoms with Crippen LogP contribution in [0.3, 0.4) is 0 Å². The van der Waals surface area contributed by atoms with E-state index < -0.39 is 0 Å².